The number of oxazole rings is 1. The van der Waals surface area contributed by atoms with Gasteiger partial charge >= 0.3 is 0 Å². The molecule has 0 spiro atoms. The molecule has 0 unspecified atom stereocenters. The zero-order chi connectivity index (χ0) is 14.2. The van der Waals surface area contributed by atoms with E-state index in [4.69, 9.17) is 10.3 Å². The van der Waals surface area contributed by atoms with Gasteiger partial charge < -0.3 is 4.42 Å². The predicted octanol–water partition coefficient (Wildman–Crippen LogP) is 1.65. The van der Waals surface area contributed by atoms with Gasteiger partial charge in [-0.3, -0.25) is 5.84 Å². The fraction of sp³-hybridized carbons (Fsp3) is 0. The molecule has 0 saturated heterocycles. The van der Waals surface area contributed by atoms with Crippen molar-refractivity contribution in [3.05, 3.63) is 48.5 Å². The highest BCUT2D eigenvalue weighted by molar-refractivity contribution is 7.89. The molecule has 0 radical (unpaired) electrons. The molecule has 0 atom stereocenters. The summed E-state index contributed by atoms with van der Waals surface area (Å²) < 4.78 is 28.6. The highest BCUT2D eigenvalue weighted by atomic mass is 32.2. The van der Waals surface area contributed by atoms with E-state index in [2.05, 4.69) is 4.98 Å². The molecule has 1 heterocycles. The van der Waals surface area contributed by atoms with E-state index < -0.39 is 10.0 Å². The Bertz CT molecular complexity index is 821. The summed E-state index contributed by atoms with van der Waals surface area (Å²) >= 11 is 0. The minimum atomic E-state index is -3.65. The molecular weight excluding hydrogens is 278 g/mol. The smallest absolute Gasteiger partial charge is 0.253 e. The molecule has 0 aliphatic rings. The van der Waals surface area contributed by atoms with Crippen molar-refractivity contribution in [1.29, 1.82) is 0 Å². The average Bonchev–Trinajstić information content (AvgIpc) is 2.91. The van der Waals surface area contributed by atoms with Gasteiger partial charge in [0.25, 0.3) is 10.0 Å². The topological polar surface area (TPSA) is 98.2 Å². The number of fused-ring (bicyclic) bond motifs is 1. The van der Waals surface area contributed by atoms with Gasteiger partial charge in [0.15, 0.2) is 5.58 Å². The van der Waals surface area contributed by atoms with Crippen LogP contribution in [0.1, 0.15) is 0 Å². The molecule has 3 rings (SSSR count). The van der Waals surface area contributed by atoms with Crippen LogP contribution in [0.3, 0.4) is 0 Å². The normalized spacial score (nSPS) is 11.8. The van der Waals surface area contributed by atoms with Crippen molar-refractivity contribution in [3.63, 3.8) is 0 Å². The van der Waals surface area contributed by atoms with Gasteiger partial charge in [0, 0.05) is 5.56 Å². The molecule has 0 fully saturated rings. The van der Waals surface area contributed by atoms with Crippen LogP contribution < -0.4 is 10.7 Å². The number of para-hydroxylation sites is 2. The number of nitrogens with zero attached hydrogens (tertiary/aromatic N) is 1. The molecule has 3 aromatic rings. The Morgan fingerprint density at radius 2 is 1.75 bits per heavy atom. The second kappa shape index (κ2) is 4.71. The van der Waals surface area contributed by atoms with Gasteiger partial charge in [-0.25, -0.2) is 13.4 Å². The summed E-state index contributed by atoms with van der Waals surface area (Å²) in [4.78, 5) is 6.19. The van der Waals surface area contributed by atoms with Crippen LogP contribution in [0.25, 0.3) is 22.6 Å². The number of hydrazine groups is 1. The van der Waals surface area contributed by atoms with Crippen LogP contribution in [-0.2, 0) is 10.0 Å². The summed E-state index contributed by atoms with van der Waals surface area (Å²) in [7, 11) is -3.65. The molecule has 0 aliphatic carbocycles. The van der Waals surface area contributed by atoms with Crippen LogP contribution in [0.2, 0.25) is 0 Å². The summed E-state index contributed by atoms with van der Waals surface area (Å²) in [5, 5.41) is 0. The van der Waals surface area contributed by atoms with Gasteiger partial charge in [-0.1, -0.05) is 12.1 Å². The molecule has 0 amide bonds. The monoisotopic (exact) mass is 289 g/mol. The first kappa shape index (κ1) is 12.8. The fourth-order valence-corrected chi connectivity index (χ4v) is 2.47. The van der Waals surface area contributed by atoms with Crippen LogP contribution in [0, 0.1) is 0 Å². The number of rotatable bonds is 3. The van der Waals surface area contributed by atoms with Gasteiger partial charge in [-0.05, 0) is 36.4 Å². The van der Waals surface area contributed by atoms with E-state index in [9.17, 15) is 8.42 Å². The molecule has 2 aromatic carbocycles. The number of nitrogens with two attached hydrogens (primary N) is 1. The highest BCUT2D eigenvalue weighted by Gasteiger charge is 2.13. The predicted molar refractivity (Wildman–Crippen MR) is 74.0 cm³/mol. The Balaban J connectivity index is 2.03. The first-order valence-corrected chi connectivity index (χ1v) is 7.27. The number of sulfonamides is 1. The SMILES string of the molecule is NNS(=O)(=O)c1ccc(-c2nc3ccccc3o2)cc1. The van der Waals surface area contributed by atoms with Gasteiger partial charge in [0.05, 0.1) is 4.90 Å². The molecule has 0 aliphatic heterocycles. The number of benzene rings is 2. The van der Waals surface area contributed by atoms with Gasteiger partial charge in [-0.15, -0.1) is 0 Å². The van der Waals surface area contributed by atoms with E-state index >= 15 is 0 Å². The van der Waals surface area contributed by atoms with Crippen LogP contribution in [0.15, 0.2) is 57.8 Å². The molecule has 20 heavy (non-hydrogen) atoms. The Kier molecular flexibility index (Phi) is 3.01. The standard InChI is InChI=1S/C13H11N3O3S/c14-16-20(17,18)10-7-5-9(6-8-10)13-15-11-3-1-2-4-12(11)19-13/h1-8,16H,14H2. The van der Waals surface area contributed by atoms with Crippen LogP contribution in [0.5, 0.6) is 0 Å². The van der Waals surface area contributed by atoms with Crippen molar-refractivity contribution in [3.8, 4) is 11.5 Å². The number of hydrogen-bond acceptors (Lipinski definition) is 5. The second-order valence-electron chi connectivity index (χ2n) is 4.13. The average molecular weight is 289 g/mol. The van der Waals surface area contributed by atoms with Crippen molar-refractivity contribution < 1.29 is 12.8 Å². The Morgan fingerprint density at radius 1 is 1.05 bits per heavy atom. The Hall–Kier alpha value is -2.22. The molecule has 102 valence electrons. The zero-order valence-corrected chi connectivity index (χ0v) is 11.1. The van der Waals surface area contributed by atoms with E-state index in [0.717, 1.165) is 5.52 Å². The van der Waals surface area contributed by atoms with Gasteiger partial charge in [-0.2, -0.15) is 4.83 Å². The summed E-state index contributed by atoms with van der Waals surface area (Å²) in [6.07, 6.45) is 0. The lowest BCUT2D eigenvalue weighted by molar-refractivity contribution is 0.584. The van der Waals surface area contributed by atoms with E-state index in [1.165, 1.54) is 12.1 Å². The maximum absolute atomic E-state index is 11.5. The third-order valence-corrected chi connectivity index (χ3v) is 4.06. The minimum Gasteiger partial charge on any atom is -0.436 e. The van der Waals surface area contributed by atoms with Crippen LogP contribution in [0.4, 0.5) is 0 Å². The van der Waals surface area contributed by atoms with E-state index in [-0.39, 0.29) is 4.90 Å². The lowest BCUT2D eigenvalue weighted by atomic mass is 10.2. The Morgan fingerprint density at radius 3 is 2.40 bits per heavy atom. The molecule has 0 bridgehead atoms. The Labute approximate surface area is 115 Å². The van der Waals surface area contributed by atoms with Crippen molar-refractivity contribution in [2.45, 2.75) is 4.90 Å². The van der Waals surface area contributed by atoms with E-state index in [1.54, 1.807) is 17.0 Å². The third kappa shape index (κ3) is 2.18. The van der Waals surface area contributed by atoms with E-state index in [1.807, 2.05) is 24.3 Å². The molecule has 3 N–H and O–H groups in total. The number of hydrogen-bond donors (Lipinski definition) is 2. The minimum absolute atomic E-state index is 0.0832. The molecule has 7 heteroatoms. The lowest BCUT2D eigenvalue weighted by Crippen LogP contribution is -2.30. The molecule has 0 saturated carbocycles. The zero-order valence-electron chi connectivity index (χ0n) is 10.3. The van der Waals surface area contributed by atoms with Crippen molar-refractivity contribution in [2.75, 3.05) is 0 Å². The van der Waals surface area contributed by atoms with Crippen molar-refractivity contribution in [1.82, 2.24) is 9.82 Å². The van der Waals surface area contributed by atoms with Crippen LogP contribution in [-0.4, -0.2) is 13.4 Å². The maximum Gasteiger partial charge on any atom is 0.253 e. The van der Waals surface area contributed by atoms with Crippen LogP contribution >= 0.6 is 0 Å². The molecular formula is C13H11N3O3S. The number of nitrogens with one attached hydrogen (secondary N) is 1. The highest BCUT2D eigenvalue weighted by Crippen LogP contribution is 2.24. The summed E-state index contributed by atoms with van der Waals surface area (Å²) in [6.45, 7) is 0. The second-order valence-corrected chi connectivity index (χ2v) is 5.85. The fourth-order valence-electron chi connectivity index (χ4n) is 1.84. The number of aromatic nitrogens is 1. The first-order chi connectivity index (χ1) is 9.60. The summed E-state index contributed by atoms with van der Waals surface area (Å²) in [5.74, 6) is 5.41. The largest absolute Gasteiger partial charge is 0.436 e. The molecule has 6 nitrogen and oxygen atoms in total. The summed E-state index contributed by atoms with van der Waals surface area (Å²) in [5.41, 5.74) is 2.13. The quantitative estimate of drug-likeness (QED) is 0.564. The summed E-state index contributed by atoms with van der Waals surface area (Å²) in [6, 6.07) is 13.5. The first-order valence-electron chi connectivity index (χ1n) is 5.78. The molecule has 1 aromatic heterocycles. The van der Waals surface area contributed by atoms with Gasteiger partial charge in [0.2, 0.25) is 5.89 Å². The van der Waals surface area contributed by atoms with Crippen molar-refractivity contribution >= 4 is 21.1 Å². The van der Waals surface area contributed by atoms with Crippen molar-refractivity contribution in [2.24, 2.45) is 5.84 Å². The third-order valence-electron chi connectivity index (χ3n) is 2.86. The van der Waals surface area contributed by atoms with Gasteiger partial charge in [0.1, 0.15) is 5.52 Å². The lowest BCUT2D eigenvalue weighted by Gasteiger charge is -2.02. The van der Waals surface area contributed by atoms with E-state index in [0.29, 0.717) is 17.0 Å². The maximum atomic E-state index is 11.5.